The number of allylic oxidation sites excluding steroid dienone is 1. The maximum absolute atomic E-state index is 13.8. The first-order valence-electron chi connectivity index (χ1n) is 11.8. The van der Waals surface area contributed by atoms with E-state index in [9.17, 15) is 9.59 Å². The molecule has 0 saturated heterocycles. The van der Waals surface area contributed by atoms with Gasteiger partial charge in [0.05, 0.1) is 15.8 Å². The van der Waals surface area contributed by atoms with E-state index in [1.807, 2.05) is 85.1 Å². The fraction of sp³-hybridized carbons (Fsp3) is 0.100. The van der Waals surface area contributed by atoms with Gasteiger partial charge in [0.1, 0.15) is 12.6 Å². The Morgan fingerprint density at radius 1 is 1.00 bits per heavy atom. The van der Waals surface area contributed by atoms with Crippen molar-refractivity contribution in [3.63, 3.8) is 0 Å². The molecule has 1 atom stereocenters. The van der Waals surface area contributed by atoms with Gasteiger partial charge in [-0.25, -0.2) is 9.79 Å². The van der Waals surface area contributed by atoms with E-state index in [0.717, 1.165) is 26.8 Å². The normalized spacial score (nSPS) is 15.5. The average molecular weight is 523 g/mol. The van der Waals surface area contributed by atoms with E-state index < -0.39 is 12.0 Å². The Hall–Kier alpha value is -4.07. The molecule has 0 radical (unpaired) electrons. The van der Waals surface area contributed by atoms with Gasteiger partial charge in [0, 0.05) is 4.88 Å². The molecule has 1 aliphatic heterocycles. The number of hydrogen-bond donors (Lipinski definition) is 0. The molecule has 5 aromatic rings. The molecule has 0 N–H and O–H groups in total. The number of thiazole rings is 1. The molecular weight excluding hydrogens is 500 g/mol. The first-order valence-corrected chi connectivity index (χ1v) is 13.5. The number of fused-ring (bicyclic) bond motifs is 2. The Balaban J connectivity index is 1.46. The molecule has 0 amide bonds. The summed E-state index contributed by atoms with van der Waals surface area (Å²) in [4.78, 5) is 33.4. The maximum Gasteiger partial charge on any atom is 0.338 e. The Morgan fingerprint density at radius 2 is 1.78 bits per heavy atom. The van der Waals surface area contributed by atoms with Gasteiger partial charge in [-0.2, -0.15) is 0 Å². The first-order chi connectivity index (χ1) is 18.1. The first kappa shape index (κ1) is 23.3. The lowest BCUT2D eigenvalue weighted by Gasteiger charge is -2.23. The van der Waals surface area contributed by atoms with E-state index in [1.54, 1.807) is 4.57 Å². The molecule has 37 heavy (non-hydrogen) atoms. The van der Waals surface area contributed by atoms with Crippen LogP contribution in [-0.4, -0.2) is 10.5 Å². The predicted molar refractivity (Wildman–Crippen MR) is 148 cm³/mol. The summed E-state index contributed by atoms with van der Waals surface area (Å²) in [5.74, 6) is -0.466. The van der Waals surface area contributed by atoms with Crippen molar-refractivity contribution in [1.82, 2.24) is 4.57 Å². The van der Waals surface area contributed by atoms with E-state index in [4.69, 9.17) is 9.73 Å². The van der Waals surface area contributed by atoms with Crippen molar-refractivity contribution < 1.29 is 9.53 Å². The van der Waals surface area contributed by atoms with Gasteiger partial charge >= 0.3 is 5.97 Å². The molecule has 0 aliphatic carbocycles. The maximum atomic E-state index is 13.8. The zero-order valence-electron chi connectivity index (χ0n) is 20.0. The molecule has 3 aromatic carbocycles. The molecule has 6 rings (SSSR count). The van der Waals surface area contributed by atoms with Gasteiger partial charge in [-0.1, -0.05) is 90.2 Å². The van der Waals surface area contributed by atoms with Gasteiger partial charge in [0.15, 0.2) is 4.80 Å². The van der Waals surface area contributed by atoms with Crippen LogP contribution >= 0.6 is 22.7 Å². The highest BCUT2D eigenvalue weighted by Crippen LogP contribution is 2.33. The van der Waals surface area contributed by atoms with Crippen LogP contribution in [0.4, 0.5) is 0 Å². The van der Waals surface area contributed by atoms with Crippen LogP contribution in [0.2, 0.25) is 0 Å². The Morgan fingerprint density at radius 3 is 2.59 bits per heavy atom. The van der Waals surface area contributed by atoms with Crippen LogP contribution < -0.4 is 14.9 Å². The largest absolute Gasteiger partial charge is 0.457 e. The number of thiophene rings is 1. The fourth-order valence-corrected chi connectivity index (χ4v) is 6.48. The third kappa shape index (κ3) is 4.37. The second kappa shape index (κ2) is 9.76. The lowest BCUT2D eigenvalue weighted by Crippen LogP contribution is -2.39. The van der Waals surface area contributed by atoms with E-state index in [1.165, 1.54) is 22.7 Å². The molecule has 7 heteroatoms. The van der Waals surface area contributed by atoms with Crippen molar-refractivity contribution >= 4 is 45.5 Å². The quantitative estimate of drug-likeness (QED) is 0.299. The summed E-state index contributed by atoms with van der Waals surface area (Å²) < 4.78 is 7.91. The second-order valence-electron chi connectivity index (χ2n) is 8.73. The monoisotopic (exact) mass is 522 g/mol. The number of carbonyl (C=O) groups is 1. The van der Waals surface area contributed by atoms with Gasteiger partial charge in [0.2, 0.25) is 0 Å². The van der Waals surface area contributed by atoms with Crippen LogP contribution in [0.25, 0.3) is 16.8 Å². The minimum atomic E-state index is -0.589. The van der Waals surface area contributed by atoms with Crippen molar-refractivity contribution in [1.29, 1.82) is 0 Å². The van der Waals surface area contributed by atoms with Crippen molar-refractivity contribution in [2.75, 3.05) is 0 Å². The average Bonchev–Trinajstić information content (AvgIpc) is 3.56. The third-order valence-electron chi connectivity index (χ3n) is 6.38. The molecule has 182 valence electrons. The standard InChI is InChI=1S/C30H22N2O3S2/c1-19-26(29(34)35-18-20-9-3-2-4-10-20)27(24-15-8-16-36-24)32-28(33)25(37-30(32)31-19)17-22-13-7-12-21-11-5-6-14-23(21)22/h2-17,27H,18H2,1H3/b25-17+. The molecule has 0 spiro atoms. The summed E-state index contributed by atoms with van der Waals surface area (Å²) in [6, 6.07) is 27.0. The number of ether oxygens (including phenoxy) is 1. The molecule has 1 unspecified atom stereocenters. The summed E-state index contributed by atoms with van der Waals surface area (Å²) in [7, 11) is 0. The molecule has 5 nitrogen and oxygen atoms in total. The van der Waals surface area contributed by atoms with Crippen LogP contribution in [0.5, 0.6) is 0 Å². The molecule has 2 aromatic heterocycles. The Bertz CT molecular complexity index is 1830. The van der Waals surface area contributed by atoms with Gasteiger partial charge in [-0.05, 0) is 46.3 Å². The number of esters is 1. The van der Waals surface area contributed by atoms with Gasteiger partial charge in [-0.15, -0.1) is 11.3 Å². The zero-order chi connectivity index (χ0) is 25.4. The number of nitrogens with zero attached hydrogens (tertiary/aromatic N) is 2. The lowest BCUT2D eigenvalue weighted by atomic mass is 10.0. The van der Waals surface area contributed by atoms with Crippen molar-refractivity contribution in [3.8, 4) is 0 Å². The molecular formula is C30H22N2O3S2. The summed E-state index contributed by atoms with van der Waals surface area (Å²) >= 11 is 2.85. The summed E-state index contributed by atoms with van der Waals surface area (Å²) in [6.45, 7) is 1.96. The molecule has 0 saturated carbocycles. The third-order valence-corrected chi connectivity index (χ3v) is 8.28. The van der Waals surface area contributed by atoms with Crippen LogP contribution in [-0.2, 0) is 16.1 Å². The van der Waals surface area contributed by atoms with E-state index in [-0.39, 0.29) is 12.2 Å². The summed E-state index contributed by atoms with van der Waals surface area (Å²) in [6.07, 6.45) is 1.92. The van der Waals surface area contributed by atoms with E-state index >= 15 is 0 Å². The summed E-state index contributed by atoms with van der Waals surface area (Å²) in [5, 5.41) is 4.13. The van der Waals surface area contributed by atoms with Gasteiger partial charge < -0.3 is 4.74 Å². The molecule has 1 aliphatic rings. The number of hydrogen-bond acceptors (Lipinski definition) is 6. The highest BCUT2D eigenvalue weighted by atomic mass is 32.1. The van der Waals surface area contributed by atoms with E-state index in [2.05, 4.69) is 18.2 Å². The van der Waals surface area contributed by atoms with Gasteiger partial charge in [-0.3, -0.25) is 9.36 Å². The molecule has 0 fully saturated rings. The SMILES string of the molecule is CC1=C(C(=O)OCc2ccccc2)C(c2cccs2)n2c(s/c(=C/c3cccc4ccccc34)c2=O)=N1. The summed E-state index contributed by atoms with van der Waals surface area (Å²) in [5.41, 5.74) is 2.65. The van der Waals surface area contributed by atoms with Crippen LogP contribution in [0.3, 0.4) is 0 Å². The predicted octanol–water partition coefficient (Wildman–Crippen LogP) is 5.19. The second-order valence-corrected chi connectivity index (χ2v) is 10.7. The van der Waals surface area contributed by atoms with Gasteiger partial charge in [0.25, 0.3) is 5.56 Å². The topological polar surface area (TPSA) is 60.7 Å². The minimum Gasteiger partial charge on any atom is -0.457 e. The Labute approximate surface area is 220 Å². The van der Waals surface area contributed by atoms with Crippen molar-refractivity contribution in [3.05, 3.63) is 137 Å². The highest BCUT2D eigenvalue weighted by molar-refractivity contribution is 7.10. The Kier molecular flexibility index (Phi) is 6.16. The molecule has 0 bridgehead atoms. The van der Waals surface area contributed by atoms with Crippen LogP contribution in [0, 0.1) is 0 Å². The number of benzene rings is 3. The van der Waals surface area contributed by atoms with Crippen molar-refractivity contribution in [2.45, 2.75) is 19.6 Å². The lowest BCUT2D eigenvalue weighted by molar-refractivity contribution is -0.140. The minimum absolute atomic E-state index is 0.152. The van der Waals surface area contributed by atoms with Crippen molar-refractivity contribution in [2.24, 2.45) is 4.99 Å². The smallest absolute Gasteiger partial charge is 0.338 e. The highest BCUT2D eigenvalue weighted by Gasteiger charge is 2.34. The number of carbonyl (C=O) groups excluding carboxylic acids is 1. The van der Waals surface area contributed by atoms with E-state index in [0.29, 0.717) is 20.6 Å². The number of rotatable bonds is 5. The fourth-order valence-electron chi connectivity index (χ4n) is 4.62. The number of aromatic nitrogens is 1. The molecule has 3 heterocycles. The zero-order valence-corrected chi connectivity index (χ0v) is 21.6. The van der Waals surface area contributed by atoms with Crippen LogP contribution in [0.1, 0.15) is 29.0 Å². The van der Waals surface area contributed by atoms with Crippen LogP contribution in [0.15, 0.2) is 111 Å².